The van der Waals surface area contributed by atoms with Crippen LogP contribution in [0.15, 0.2) is 51.4 Å². The van der Waals surface area contributed by atoms with E-state index in [0.717, 1.165) is 6.42 Å². The summed E-state index contributed by atoms with van der Waals surface area (Å²) in [6, 6.07) is 11.7. The molecule has 3 aromatic heterocycles. The van der Waals surface area contributed by atoms with E-state index in [-0.39, 0.29) is 23.4 Å². The van der Waals surface area contributed by atoms with E-state index in [4.69, 9.17) is 13.6 Å². The van der Waals surface area contributed by atoms with E-state index in [1.807, 2.05) is 32.0 Å². The average molecular weight is 462 g/mol. The summed E-state index contributed by atoms with van der Waals surface area (Å²) >= 11 is 0. The lowest BCUT2D eigenvalue weighted by atomic mass is 10.0. The lowest BCUT2D eigenvalue weighted by Crippen LogP contribution is -2.27. The average Bonchev–Trinajstić information content (AvgIpc) is 3.45. The molecule has 1 unspecified atom stereocenters. The van der Waals surface area contributed by atoms with Gasteiger partial charge in [-0.15, -0.1) is 10.2 Å². The van der Waals surface area contributed by atoms with Gasteiger partial charge in [0.1, 0.15) is 22.9 Å². The number of carbonyl (C=O) groups is 1. The molecule has 1 aromatic carbocycles. The monoisotopic (exact) mass is 461 g/mol. The third-order valence-electron chi connectivity index (χ3n) is 5.52. The van der Waals surface area contributed by atoms with E-state index in [1.165, 1.54) is 23.8 Å². The molecule has 176 valence electrons. The number of nitrogens with zero attached hydrogens (tertiary/aromatic N) is 5. The van der Waals surface area contributed by atoms with Gasteiger partial charge in [0.25, 0.3) is 11.8 Å². The van der Waals surface area contributed by atoms with Crippen LogP contribution in [0, 0.1) is 13.8 Å². The zero-order valence-corrected chi connectivity index (χ0v) is 19.9. The first-order valence-electron chi connectivity index (χ1n) is 11.0. The zero-order valence-electron chi connectivity index (χ0n) is 19.9. The summed E-state index contributed by atoms with van der Waals surface area (Å²) in [5, 5.41) is 8.45. The first kappa shape index (κ1) is 23.2. The summed E-state index contributed by atoms with van der Waals surface area (Å²) in [4.78, 5) is 23.2. The number of rotatable bonds is 8. The molecule has 0 saturated carbocycles. The van der Waals surface area contributed by atoms with E-state index in [2.05, 4.69) is 32.3 Å². The number of aromatic nitrogens is 4. The van der Waals surface area contributed by atoms with E-state index in [1.54, 1.807) is 20.0 Å². The zero-order chi connectivity index (χ0) is 24.2. The highest BCUT2D eigenvalue weighted by atomic mass is 16.5. The molecule has 4 rings (SSSR count). The van der Waals surface area contributed by atoms with Crippen molar-refractivity contribution in [3.8, 4) is 17.2 Å². The van der Waals surface area contributed by atoms with Crippen LogP contribution < -0.4 is 4.74 Å². The molecule has 34 heavy (non-hydrogen) atoms. The van der Waals surface area contributed by atoms with Gasteiger partial charge in [-0.05, 0) is 25.0 Å². The number of hydrogen-bond donors (Lipinski definition) is 0. The highest BCUT2D eigenvalue weighted by Crippen LogP contribution is 2.31. The molecule has 0 aliphatic heterocycles. The lowest BCUT2D eigenvalue weighted by Gasteiger charge is -2.16. The minimum Gasteiger partial charge on any atom is -0.494 e. The minimum absolute atomic E-state index is 0.0258. The molecule has 0 saturated heterocycles. The molecule has 3 heterocycles. The van der Waals surface area contributed by atoms with Gasteiger partial charge in [0.15, 0.2) is 5.89 Å². The second kappa shape index (κ2) is 9.86. The Morgan fingerprint density at radius 3 is 2.59 bits per heavy atom. The first-order chi connectivity index (χ1) is 16.4. The van der Waals surface area contributed by atoms with Gasteiger partial charge in [-0.25, -0.2) is 9.97 Å². The van der Waals surface area contributed by atoms with Gasteiger partial charge in [0.05, 0.1) is 25.4 Å². The number of pyridine rings is 1. The summed E-state index contributed by atoms with van der Waals surface area (Å²) in [6.07, 6.45) is 2.25. The summed E-state index contributed by atoms with van der Waals surface area (Å²) in [5.74, 6) is 2.22. The van der Waals surface area contributed by atoms with Gasteiger partial charge < -0.3 is 18.5 Å². The minimum atomic E-state index is -0.277. The van der Waals surface area contributed by atoms with Crippen molar-refractivity contribution in [2.24, 2.45) is 0 Å². The molecule has 4 aromatic rings. The maximum absolute atomic E-state index is 13.1. The van der Waals surface area contributed by atoms with Gasteiger partial charge in [-0.1, -0.05) is 37.3 Å². The summed E-state index contributed by atoms with van der Waals surface area (Å²) < 4.78 is 16.9. The molecule has 0 spiro atoms. The van der Waals surface area contributed by atoms with Gasteiger partial charge in [0, 0.05) is 19.9 Å². The Balaban J connectivity index is 1.55. The van der Waals surface area contributed by atoms with Crippen LogP contribution in [0.3, 0.4) is 0 Å². The number of oxazole rings is 1. The molecule has 0 fully saturated rings. The molecule has 1 amide bonds. The van der Waals surface area contributed by atoms with Crippen LogP contribution in [0.25, 0.3) is 11.5 Å². The largest absolute Gasteiger partial charge is 0.494 e. The molecule has 0 bridgehead atoms. The van der Waals surface area contributed by atoms with Gasteiger partial charge >= 0.3 is 0 Å². The van der Waals surface area contributed by atoms with E-state index < -0.39 is 0 Å². The third-order valence-corrected chi connectivity index (χ3v) is 5.52. The molecular weight excluding hydrogens is 434 g/mol. The van der Waals surface area contributed by atoms with Gasteiger partial charge in [-0.3, -0.25) is 4.79 Å². The number of benzene rings is 1. The fraction of sp³-hybridized carbons (Fsp3) is 0.320. The third kappa shape index (κ3) is 4.98. The highest BCUT2D eigenvalue weighted by molar-refractivity contribution is 5.93. The predicted octanol–water partition coefficient (Wildman–Crippen LogP) is 4.36. The number of aryl methyl sites for hydroxylation is 2. The van der Waals surface area contributed by atoms with Crippen molar-refractivity contribution >= 4 is 5.91 Å². The number of ether oxygens (including phenoxy) is 1. The lowest BCUT2D eigenvalue weighted by molar-refractivity contribution is 0.0777. The van der Waals surface area contributed by atoms with Crippen molar-refractivity contribution < 1.29 is 18.4 Å². The molecule has 9 nitrogen and oxygen atoms in total. The topological polar surface area (TPSA) is 107 Å². The van der Waals surface area contributed by atoms with E-state index in [0.29, 0.717) is 41.1 Å². The van der Waals surface area contributed by atoms with Crippen molar-refractivity contribution in [1.82, 2.24) is 25.1 Å². The van der Waals surface area contributed by atoms with Crippen molar-refractivity contribution in [2.75, 3.05) is 14.2 Å². The smallest absolute Gasteiger partial charge is 0.272 e. The molecule has 9 heteroatoms. The van der Waals surface area contributed by atoms with Crippen LogP contribution in [-0.2, 0) is 13.0 Å². The number of carbonyl (C=O) groups excluding carboxylic acids is 1. The SMILES string of the molecule is COc1cnc(C(=O)N(C)Cc2nc(C)oc2C)cc1-c1nnc(C(C)Cc2ccccc2)o1. The summed E-state index contributed by atoms with van der Waals surface area (Å²) in [6.45, 7) is 5.93. The number of amides is 1. The summed E-state index contributed by atoms with van der Waals surface area (Å²) in [7, 11) is 3.21. The highest BCUT2D eigenvalue weighted by Gasteiger charge is 2.22. The Morgan fingerprint density at radius 1 is 1.15 bits per heavy atom. The fourth-order valence-electron chi connectivity index (χ4n) is 3.70. The Labute approximate surface area is 197 Å². The normalized spacial score (nSPS) is 11.9. The molecule has 0 radical (unpaired) electrons. The second-order valence-corrected chi connectivity index (χ2v) is 8.20. The van der Waals surface area contributed by atoms with Crippen molar-refractivity contribution in [3.05, 3.63) is 77.1 Å². The molecular formula is C25H27N5O4. The van der Waals surface area contributed by atoms with E-state index >= 15 is 0 Å². The van der Waals surface area contributed by atoms with Crippen molar-refractivity contribution in [2.45, 2.75) is 39.7 Å². The Hall–Kier alpha value is -4.01. The Kier molecular flexibility index (Phi) is 6.72. The number of hydrogen-bond acceptors (Lipinski definition) is 8. The maximum Gasteiger partial charge on any atom is 0.272 e. The first-order valence-corrected chi connectivity index (χ1v) is 11.0. The Bertz CT molecular complexity index is 1280. The van der Waals surface area contributed by atoms with E-state index in [9.17, 15) is 4.79 Å². The van der Waals surface area contributed by atoms with Crippen molar-refractivity contribution in [3.63, 3.8) is 0 Å². The number of methoxy groups -OCH3 is 1. The fourth-order valence-corrected chi connectivity index (χ4v) is 3.70. The van der Waals surface area contributed by atoms with Crippen LogP contribution in [-0.4, -0.2) is 45.1 Å². The summed E-state index contributed by atoms with van der Waals surface area (Å²) in [5.41, 5.74) is 2.63. The molecule has 0 aliphatic rings. The van der Waals surface area contributed by atoms with Crippen molar-refractivity contribution in [1.29, 1.82) is 0 Å². The second-order valence-electron chi connectivity index (χ2n) is 8.20. The maximum atomic E-state index is 13.1. The quantitative estimate of drug-likeness (QED) is 0.381. The van der Waals surface area contributed by atoms with Crippen LogP contribution in [0.2, 0.25) is 0 Å². The standard InChI is InChI=1S/C25H27N5O4/c1-15(11-18-9-7-6-8-10-18)23-28-29-24(34-23)19-12-20(26-13-22(19)32-5)25(31)30(4)14-21-16(2)33-17(3)27-21/h6-10,12-13,15H,11,14H2,1-5H3. The molecule has 1 atom stereocenters. The predicted molar refractivity (Wildman–Crippen MR) is 124 cm³/mol. The van der Waals surface area contributed by atoms with Crippen LogP contribution >= 0.6 is 0 Å². The van der Waals surface area contributed by atoms with Crippen LogP contribution in [0.1, 0.15) is 52.1 Å². The Morgan fingerprint density at radius 2 is 1.91 bits per heavy atom. The van der Waals surface area contributed by atoms with Crippen LogP contribution in [0.4, 0.5) is 0 Å². The van der Waals surface area contributed by atoms with Crippen LogP contribution in [0.5, 0.6) is 5.75 Å². The molecule has 0 N–H and O–H groups in total. The van der Waals surface area contributed by atoms with Gasteiger partial charge in [-0.2, -0.15) is 0 Å². The van der Waals surface area contributed by atoms with Gasteiger partial charge in [0.2, 0.25) is 5.89 Å². The molecule has 0 aliphatic carbocycles.